The lowest BCUT2D eigenvalue weighted by Crippen LogP contribution is -2.35. The fourth-order valence-electron chi connectivity index (χ4n) is 3.67. The van der Waals surface area contributed by atoms with Gasteiger partial charge in [0.15, 0.2) is 0 Å². The number of hydrogen-bond acceptors (Lipinski definition) is 4. The molecule has 0 radical (unpaired) electrons. The smallest absolute Gasteiger partial charge is 0.255 e. The minimum atomic E-state index is -0.0353. The highest BCUT2D eigenvalue weighted by molar-refractivity contribution is 6.33. The van der Waals surface area contributed by atoms with Crippen LogP contribution in [-0.4, -0.2) is 34.8 Å². The Hall–Kier alpha value is -2.60. The van der Waals surface area contributed by atoms with Crippen LogP contribution in [0.25, 0.3) is 0 Å². The van der Waals surface area contributed by atoms with E-state index < -0.39 is 0 Å². The molecule has 1 aliphatic carbocycles. The van der Waals surface area contributed by atoms with Crippen LogP contribution in [0.3, 0.4) is 0 Å². The van der Waals surface area contributed by atoms with Crippen LogP contribution in [-0.2, 0) is 4.79 Å². The van der Waals surface area contributed by atoms with Crippen molar-refractivity contribution in [2.45, 2.75) is 45.1 Å². The van der Waals surface area contributed by atoms with Gasteiger partial charge in [0.2, 0.25) is 5.91 Å². The summed E-state index contributed by atoms with van der Waals surface area (Å²) in [5.41, 5.74) is 2.38. The van der Waals surface area contributed by atoms with E-state index in [-0.39, 0.29) is 23.8 Å². The van der Waals surface area contributed by atoms with E-state index in [4.69, 9.17) is 11.6 Å². The molecule has 6 nitrogen and oxygen atoms in total. The zero-order valence-corrected chi connectivity index (χ0v) is 17.9. The Morgan fingerprint density at radius 3 is 2.47 bits per heavy atom. The molecule has 4 rings (SSSR count). The van der Waals surface area contributed by atoms with Gasteiger partial charge in [-0.05, 0) is 62.8 Å². The van der Waals surface area contributed by atoms with Crippen molar-refractivity contribution in [3.63, 3.8) is 0 Å². The van der Waals surface area contributed by atoms with Crippen LogP contribution in [0.1, 0.15) is 61.0 Å². The molecule has 158 valence electrons. The maximum Gasteiger partial charge on any atom is 0.255 e. The molecule has 7 heteroatoms. The molecule has 1 unspecified atom stereocenters. The van der Waals surface area contributed by atoms with Crippen molar-refractivity contribution in [1.82, 2.24) is 9.88 Å². The summed E-state index contributed by atoms with van der Waals surface area (Å²) in [5, 5.41) is 6.68. The molecule has 2 aliphatic rings. The molecule has 0 spiro atoms. The van der Waals surface area contributed by atoms with E-state index in [0.717, 1.165) is 50.0 Å². The van der Waals surface area contributed by atoms with Crippen LogP contribution in [0.2, 0.25) is 5.02 Å². The van der Waals surface area contributed by atoms with Crippen LogP contribution in [0, 0.1) is 5.92 Å². The van der Waals surface area contributed by atoms with Crippen molar-refractivity contribution in [2.75, 3.05) is 23.7 Å². The molecule has 2 fully saturated rings. The molecular weight excluding hydrogens is 400 g/mol. The van der Waals surface area contributed by atoms with Gasteiger partial charge in [0.25, 0.3) is 5.91 Å². The van der Waals surface area contributed by atoms with Crippen molar-refractivity contribution < 1.29 is 9.59 Å². The number of amides is 2. The summed E-state index contributed by atoms with van der Waals surface area (Å²) in [5.74, 6) is 0.824. The first kappa shape index (κ1) is 20.7. The highest BCUT2D eigenvalue weighted by atomic mass is 35.5. The summed E-state index contributed by atoms with van der Waals surface area (Å²) in [7, 11) is 0. The number of nitrogens with zero attached hydrogens (tertiary/aromatic N) is 2. The van der Waals surface area contributed by atoms with Gasteiger partial charge in [-0.25, -0.2) is 4.98 Å². The summed E-state index contributed by atoms with van der Waals surface area (Å²) >= 11 is 6.42. The zero-order chi connectivity index (χ0) is 21.1. The summed E-state index contributed by atoms with van der Waals surface area (Å²) in [6.45, 7) is 3.61. The monoisotopic (exact) mass is 426 g/mol. The van der Waals surface area contributed by atoms with Gasteiger partial charge in [-0.15, -0.1) is 0 Å². The minimum absolute atomic E-state index is 0.00691. The summed E-state index contributed by atoms with van der Waals surface area (Å²) < 4.78 is 0. The number of nitrogens with one attached hydrogen (secondary N) is 2. The van der Waals surface area contributed by atoms with Crippen molar-refractivity contribution in [3.8, 4) is 0 Å². The largest absolute Gasteiger partial charge is 0.362 e. The number of anilines is 2. The normalized spacial score (nSPS) is 17.3. The lowest BCUT2D eigenvalue weighted by atomic mass is 10.1. The van der Waals surface area contributed by atoms with Crippen molar-refractivity contribution in [1.29, 1.82) is 0 Å². The van der Waals surface area contributed by atoms with Gasteiger partial charge in [0, 0.05) is 36.9 Å². The molecule has 1 saturated heterocycles. The summed E-state index contributed by atoms with van der Waals surface area (Å²) in [6.07, 6.45) is 6.84. The topological polar surface area (TPSA) is 74.3 Å². The van der Waals surface area contributed by atoms with Gasteiger partial charge in [-0.2, -0.15) is 0 Å². The number of likely N-dealkylation sites (tertiary alicyclic amines) is 1. The van der Waals surface area contributed by atoms with Crippen LogP contribution in [0.5, 0.6) is 0 Å². The first-order valence-corrected chi connectivity index (χ1v) is 11.0. The first-order valence-electron chi connectivity index (χ1n) is 10.6. The minimum Gasteiger partial charge on any atom is -0.362 e. The lowest BCUT2D eigenvalue weighted by molar-refractivity contribution is -0.117. The van der Waals surface area contributed by atoms with E-state index in [2.05, 4.69) is 15.6 Å². The second kappa shape index (κ2) is 9.04. The number of aromatic nitrogens is 1. The van der Waals surface area contributed by atoms with E-state index in [1.54, 1.807) is 12.3 Å². The van der Waals surface area contributed by atoms with E-state index in [9.17, 15) is 9.59 Å². The number of carbonyl (C=O) groups excluding carboxylic acids is 2. The summed E-state index contributed by atoms with van der Waals surface area (Å²) in [6, 6.07) is 9.42. The van der Waals surface area contributed by atoms with Gasteiger partial charge in [0.1, 0.15) is 5.82 Å². The molecule has 1 saturated carbocycles. The molecule has 2 aromatic rings. The third kappa shape index (κ3) is 4.93. The number of hydrogen-bond donors (Lipinski definition) is 2. The first-order chi connectivity index (χ1) is 14.5. The Balaban J connectivity index is 1.38. The molecule has 1 aromatic heterocycles. The maximum atomic E-state index is 12.6. The standard InChI is InChI=1S/C23H27ClN4O2/c1-15(16-7-9-19(10-8-16)27-22(29)17-5-6-17)26-21-20(24)13-18(14-25-21)23(30)28-11-3-2-4-12-28/h7-10,13-15,17H,2-6,11-12H2,1H3,(H,25,26)(H,27,29). The highest BCUT2D eigenvalue weighted by Crippen LogP contribution is 2.31. The van der Waals surface area contributed by atoms with E-state index in [1.165, 1.54) is 6.42 Å². The Morgan fingerprint density at radius 2 is 1.83 bits per heavy atom. The number of halogens is 1. The zero-order valence-electron chi connectivity index (χ0n) is 17.2. The van der Waals surface area contributed by atoms with Gasteiger partial charge < -0.3 is 15.5 Å². The second-order valence-corrected chi connectivity index (χ2v) is 8.57. The average molecular weight is 427 g/mol. The number of carbonyl (C=O) groups is 2. The molecule has 2 N–H and O–H groups in total. The molecule has 2 amide bonds. The molecule has 1 aromatic carbocycles. The SMILES string of the molecule is CC(Nc1ncc(C(=O)N2CCCCC2)cc1Cl)c1ccc(NC(=O)C2CC2)cc1. The van der Waals surface area contributed by atoms with Crippen LogP contribution in [0.15, 0.2) is 36.5 Å². The predicted molar refractivity (Wildman–Crippen MR) is 119 cm³/mol. The Morgan fingerprint density at radius 1 is 1.13 bits per heavy atom. The van der Waals surface area contributed by atoms with Gasteiger partial charge >= 0.3 is 0 Å². The average Bonchev–Trinajstić information content (AvgIpc) is 3.61. The van der Waals surface area contributed by atoms with Gasteiger partial charge in [-0.3, -0.25) is 9.59 Å². The number of piperidine rings is 1. The van der Waals surface area contributed by atoms with Gasteiger partial charge in [-0.1, -0.05) is 23.7 Å². The molecule has 1 atom stereocenters. The van der Waals surface area contributed by atoms with E-state index in [1.807, 2.05) is 36.1 Å². The fraction of sp³-hybridized carbons (Fsp3) is 0.435. The maximum absolute atomic E-state index is 12.6. The van der Waals surface area contributed by atoms with E-state index >= 15 is 0 Å². The number of rotatable bonds is 6. The lowest BCUT2D eigenvalue weighted by Gasteiger charge is -2.26. The number of pyridine rings is 1. The molecular formula is C23H27ClN4O2. The van der Waals surface area contributed by atoms with Crippen LogP contribution >= 0.6 is 11.6 Å². The van der Waals surface area contributed by atoms with Crippen molar-refractivity contribution in [2.24, 2.45) is 5.92 Å². The molecule has 1 aliphatic heterocycles. The molecule has 30 heavy (non-hydrogen) atoms. The van der Waals surface area contributed by atoms with E-state index in [0.29, 0.717) is 16.4 Å². The van der Waals surface area contributed by atoms with Crippen molar-refractivity contribution >= 4 is 34.9 Å². The molecule has 2 heterocycles. The van der Waals surface area contributed by atoms with Crippen LogP contribution in [0.4, 0.5) is 11.5 Å². The van der Waals surface area contributed by atoms with Gasteiger partial charge in [0.05, 0.1) is 10.6 Å². The second-order valence-electron chi connectivity index (χ2n) is 8.16. The summed E-state index contributed by atoms with van der Waals surface area (Å²) in [4.78, 5) is 30.8. The molecule has 0 bridgehead atoms. The fourth-order valence-corrected chi connectivity index (χ4v) is 3.89. The number of benzene rings is 1. The predicted octanol–water partition coefficient (Wildman–Crippen LogP) is 4.88. The Bertz CT molecular complexity index is 921. The highest BCUT2D eigenvalue weighted by Gasteiger charge is 2.29. The Kier molecular flexibility index (Phi) is 6.23. The van der Waals surface area contributed by atoms with Crippen molar-refractivity contribution in [3.05, 3.63) is 52.7 Å². The quantitative estimate of drug-likeness (QED) is 0.690. The third-order valence-electron chi connectivity index (χ3n) is 5.71. The van der Waals surface area contributed by atoms with Crippen LogP contribution < -0.4 is 10.6 Å². The Labute approximate surface area is 182 Å². The third-order valence-corrected chi connectivity index (χ3v) is 6.00.